The number of allylic oxidation sites excluding steroid dienone is 1. The van der Waals surface area contributed by atoms with Gasteiger partial charge < -0.3 is 5.32 Å². The molecule has 0 aliphatic rings. The summed E-state index contributed by atoms with van der Waals surface area (Å²) in [7, 11) is 0. The highest BCUT2D eigenvalue weighted by atomic mass is 32.2. The van der Waals surface area contributed by atoms with Gasteiger partial charge in [-0.2, -0.15) is 9.97 Å². The van der Waals surface area contributed by atoms with Crippen molar-refractivity contribution in [1.29, 1.82) is 0 Å². The van der Waals surface area contributed by atoms with E-state index < -0.39 is 0 Å². The van der Waals surface area contributed by atoms with Gasteiger partial charge in [0, 0.05) is 22.9 Å². The van der Waals surface area contributed by atoms with Gasteiger partial charge in [0.2, 0.25) is 16.3 Å². The van der Waals surface area contributed by atoms with Crippen molar-refractivity contribution in [2.75, 3.05) is 5.32 Å². The lowest BCUT2D eigenvalue weighted by atomic mass is 10.2. The van der Waals surface area contributed by atoms with Gasteiger partial charge in [-0.15, -0.1) is 10.2 Å². The smallest absolute Gasteiger partial charge is 0.253 e. The lowest BCUT2D eigenvalue weighted by molar-refractivity contribution is 0.846. The molecule has 5 aromatic rings. The molecule has 0 aliphatic heterocycles. The molecule has 0 atom stereocenters. The monoisotopic (exact) mass is 500 g/mol. The maximum atomic E-state index is 4.67. The average molecular weight is 501 g/mol. The zero-order valence-corrected chi connectivity index (χ0v) is 21.0. The van der Waals surface area contributed by atoms with E-state index in [1.54, 1.807) is 28.0 Å². The van der Waals surface area contributed by atoms with E-state index in [1.807, 2.05) is 62.4 Å². The van der Waals surface area contributed by atoms with Crippen molar-refractivity contribution in [3.8, 4) is 0 Å². The molecule has 0 spiro atoms. The molecule has 10 heteroatoms. The van der Waals surface area contributed by atoms with Gasteiger partial charge in [0.1, 0.15) is 0 Å². The first-order chi connectivity index (χ1) is 17.1. The Morgan fingerprint density at radius 2 is 1.57 bits per heavy atom. The van der Waals surface area contributed by atoms with Crippen LogP contribution in [0, 0.1) is 6.92 Å². The molecule has 0 fully saturated rings. The van der Waals surface area contributed by atoms with Gasteiger partial charge in [0.05, 0.1) is 5.69 Å². The summed E-state index contributed by atoms with van der Waals surface area (Å²) in [5.74, 6) is 2.81. The molecule has 0 radical (unpaired) electrons. The Bertz CT molecular complexity index is 1440. The molecule has 2 aromatic carbocycles. The van der Waals surface area contributed by atoms with E-state index in [1.165, 1.54) is 11.1 Å². The summed E-state index contributed by atoms with van der Waals surface area (Å²) in [6, 6.07) is 22.6. The highest BCUT2D eigenvalue weighted by molar-refractivity contribution is 7.98. The molecule has 5 rings (SSSR count). The van der Waals surface area contributed by atoms with Gasteiger partial charge in [-0.3, -0.25) is 0 Å². The average Bonchev–Trinajstić information content (AvgIpc) is 3.49. The van der Waals surface area contributed by atoms with Crippen molar-refractivity contribution in [3.63, 3.8) is 0 Å². The van der Waals surface area contributed by atoms with Crippen LogP contribution >= 0.6 is 23.5 Å². The van der Waals surface area contributed by atoms with Gasteiger partial charge in [-0.05, 0) is 37.1 Å². The zero-order chi connectivity index (χ0) is 24.0. The Morgan fingerprint density at radius 3 is 2.26 bits per heavy atom. The summed E-state index contributed by atoms with van der Waals surface area (Å²) < 4.78 is 1.78. The Balaban J connectivity index is 1.24. The number of fused-ring (bicyclic) bond motifs is 1. The quantitative estimate of drug-likeness (QED) is 0.252. The van der Waals surface area contributed by atoms with Crippen LogP contribution in [-0.4, -0.2) is 34.8 Å². The second-order valence-electron chi connectivity index (χ2n) is 7.90. The number of rotatable bonds is 9. The van der Waals surface area contributed by atoms with Crippen molar-refractivity contribution in [1.82, 2.24) is 34.8 Å². The Labute approximate surface area is 211 Å². The molecule has 0 amide bonds. The minimum Gasteiger partial charge on any atom is -0.328 e. The fourth-order valence-corrected chi connectivity index (χ4v) is 4.94. The lowest BCUT2D eigenvalue weighted by Crippen LogP contribution is -2.00. The third-order valence-electron chi connectivity index (χ3n) is 5.06. The number of thioether (sulfide) groups is 2. The Morgan fingerprint density at radius 1 is 0.914 bits per heavy atom. The first-order valence-electron chi connectivity index (χ1n) is 11.1. The highest BCUT2D eigenvalue weighted by Crippen LogP contribution is 2.22. The van der Waals surface area contributed by atoms with Crippen LogP contribution in [0.25, 0.3) is 11.9 Å². The first kappa shape index (κ1) is 23.1. The lowest BCUT2D eigenvalue weighted by Gasteiger charge is -2.03. The van der Waals surface area contributed by atoms with Crippen LogP contribution in [0.3, 0.4) is 0 Å². The van der Waals surface area contributed by atoms with Crippen molar-refractivity contribution >= 4 is 41.3 Å². The summed E-state index contributed by atoms with van der Waals surface area (Å²) in [6.07, 6.45) is 1.96. The number of nitrogens with one attached hydrogen (secondary N) is 2. The molecule has 0 aliphatic carbocycles. The van der Waals surface area contributed by atoms with Crippen LogP contribution in [0.4, 0.5) is 5.95 Å². The number of benzene rings is 2. The number of nitrogens with zero attached hydrogens (tertiary/aromatic N) is 6. The van der Waals surface area contributed by atoms with Crippen LogP contribution in [0.2, 0.25) is 0 Å². The summed E-state index contributed by atoms with van der Waals surface area (Å²) in [5.41, 5.74) is 5.12. The van der Waals surface area contributed by atoms with Gasteiger partial charge in [-0.25, -0.2) is 14.6 Å². The summed E-state index contributed by atoms with van der Waals surface area (Å²) >= 11 is 3.19. The molecular formula is C25H24N8S2. The normalized spacial score (nSPS) is 11.8. The third kappa shape index (κ3) is 6.09. The molecule has 3 heterocycles. The van der Waals surface area contributed by atoms with Crippen LogP contribution in [0.15, 0.2) is 82.7 Å². The van der Waals surface area contributed by atoms with Gasteiger partial charge in [0.15, 0.2) is 0 Å². The summed E-state index contributed by atoms with van der Waals surface area (Å²) in [6.45, 7) is 3.97. The SMILES string of the molecule is C/C(=C\c1cc(C)n2nc(SCc3ccccc3)nc2n1)Nc1nc(SCc2ccccc2)n[nH]1. The van der Waals surface area contributed by atoms with Crippen molar-refractivity contribution in [3.05, 3.63) is 94.9 Å². The van der Waals surface area contributed by atoms with Crippen LogP contribution in [0.5, 0.6) is 0 Å². The maximum Gasteiger partial charge on any atom is 0.253 e. The van der Waals surface area contributed by atoms with Crippen LogP contribution in [-0.2, 0) is 11.5 Å². The van der Waals surface area contributed by atoms with E-state index in [4.69, 9.17) is 0 Å². The van der Waals surface area contributed by atoms with E-state index in [0.717, 1.165) is 28.6 Å². The number of anilines is 1. The van der Waals surface area contributed by atoms with E-state index >= 15 is 0 Å². The van der Waals surface area contributed by atoms with Gasteiger partial charge in [-0.1, -0.05) is 84.2 Å². The van der Waals surface area contributed by atoms with E-state index in [9.17, 15) is 0 Å². The minimum absolute atomic E-state index is 0.582. The number of hydrogen-bond acceptors (Lipinski definition) is 8. The number of H-pyrrole nitrogens is 1. The molecule has 0 unspecified atom stereocenters. The highest BCUT2D eigenvalue weighted by Gasteiger charge is 2.10. The molecule has 0 saturated carbocycles. The van der Waals surface area contributed by atoms with Gasteiger partial charge >= 0.3 is 0 Å². The number of aromatic nitrogens is 7. The predicted molar refractivity (Wildman–Crippen MR) is 141 cm³/mol. The summed E-state index contributed by atoms with van der Waals surface area (Å²) in [4.78, 5) is 13.8. The topological polar surface area (TPSA) is 96.7 Å². The second kappa shape index (κ2) is 10.7. The maximum absolute atomic E-state index is 4.67. The predicted octanol–water partition coefficient (Wildman–Crippen LogP) is 5.61. The number of aromatic amines is 1. The fourth-order valence-electron chi connectivity index (χ4n) is 3.41. The van der Waals surface area contributed by atoms with Crippen molar-refractivity contribution in [2.45, 2.75) is 35.7 Å². The molecule has 0 bridgehead atoms. The van der Waals surface area contributed by atoms with Crippen molar-refractivity contribution in [2.24, 2.45) is 0 Å². The molecule has 2 N–H and O–H groups in total. The van der Waals surface area contributed by atoms with Gasteiger partial charge in [0.25, 0.3) is 5.78 Å². The molecule has 35 heavy (non-hydrogen) atoms. The summed E-state index contributed by atoms with van der Waals surface area (Å²) in [5, 5.41) is 16.5. The molecule has 3 aromatic heterocycles. The van der Waals surface area contributed by atoms with E-state index in [2.05, 4.69) is 59.8 Å². The molecule has 8 nitrogen and oxygen atoms in total. The Kier molecular flexibility index (Phi) is 7.10. The minimum atomic E-state index is 0.582. The number of aryl methyl sites for hydroxylation is 1. The zero-order valence-electron chi connectivity index (χ0n) is 19.3. The molecule has 176 valence electrons. The largest absolute Gasteiger partial charge is 0.328 e. The molecular weight excluding hydrogens is 476 g/mol. The third-order valence-corrected chi connectivity index (χ3v) is 6.88. The Hall–Kier alpha value is -3.63. The second-order valence-corrected chi connectivity index (χ2v) is 9.78. The van der Waals surface area contributed by atoms with Crippen LogP contribution in [0.1, 0.15) is 29.4 Å². The van der Waals surface area contributed by atoms with E-state index in [0.29, 0.717) is 22.0 Å². The number of hydrogen-bond donors (Lipinski definition) is 2. The first-order valence-corrected chi connectivity index (χ1v) is 13.0. The standard InChI is InChI=1S/C25H24N8S2/c1-17(26-22-28-24(31-30-22)34-15-19-9-5-3-6-10-19)13-21-14-18(2)33-23(27-21)29-25(32-33)35-16-20-11-7-4-8-12-20/h3-14H,15-16H2,1-2H3,(H2,26,28,30,31)/b17-13+. The van der Waals surface area contributed by atoms with Crippen molar-refractivity contribution < 1.29 is 0 Å². The molecule has 0 saturated heterocycles. The van der Waals surface area contributed by atoms with E-state index in [-0.39, 0.29) is 0 Å². The van der Waals surface area contributed by atoms with Crippen LogP contribution < -0.4 is 5.32 Å². The fraction of sp³-hybridized carbons (Fsp3) is 0.160.